The van der Waals surface area contributed by atoms with E-state index >= 15 is 0 Å². The number of anilines is 2. The van der Waals surface area contributed by atoms with Crippen molar-refractivity contribution in [3.63, 3.8) is 0 Å². The van der Waals surface area contributed by atoms with Gasteiger partial charge in [0.2, 0.25) is 0 Å². The molecule has 125 heavy (non-hydrogen) atoms. The van der Waals surface area contributed by atoms with Gasteiger partial charge in [0.05, 0.1) is 110 Å². The van der Waals surface area contributed by atoms with E-state index in [1.807, 2.05) is 111 Å². The zero-order chi connectivity index (χ0) is 89.2. The van der Waals surface area contributed by atoms with Gasteiger partial charge in [-0.2, -0.15) is 24.1 Å². The smallest absolute Gasteiger partial charge is 0.387 e. The minimum atomic E-state index is -2.99. The average Bonchev–Trinajstić information content (AvgIpc) is 1.77. The van der Waals surface area contributed by atoms with Crippen LogP contribution >= 0.6 is 81.2 Å². The molecule has 3 saturated carbocycles. The fraction of sp³-hybridized carbons (Fsp3) is 0.272. The topological polar surface area (TPSA) is 317 Å². The monoisotopic (exact) mass is 1830 g/mol. The number of hydrogen-bond donors (Lipinski definition) is 3. The highest BCUT2D eigenvalue weighted by molar-refractivity contribution is 6.41. The van der Waals surface area contributed by atoms with Crippen molar-refractivity contribution in [3.05, 3.63) is 262 Å². The summed E-state index contributed by atoms with van der Waals surface area (Å²) < 4.78 is 64.4. The number of carbonyl (C=O) groups excluding carboxylic acids is 3. The first-order chi connectivity index (χ1) is 60.2. The van der Waals surface area contributed by atoms with Crippen molar-refractivity contribution in [2.75, 3.05) is 38.6 Å². The van der Waals surface area contributed by atoms with E-state index in [9.17, 15) is 43.1 Å². The number of ether oxygens (including phenoxy) is 6. The van der Waals surface area contributed by atoms with Gasteiger partial charge in [-0.1, -0.05) is 137 Å². The van der Waals surface area contributed by atoms with E-state index in [4.69, 9.17) is 109 Å². The van der Waals surface area contributed by atoms with Gasteiger partial charge in [-0.05, 0) is 186 Å². The van der Waals surface area contributed by atoms with Gasteiger partial charge >= 0.3 is 18.3 Å². The van der Waals surface area contributed by atoms with Crippen molar-refractivity contribution >= 4 is 149 Å². The van der Waals surface area contributed by atoms with E-state index in [1.165, 1.54) is 75.9 Å². The number of carboxylic acids is 1. The van der Waals surface area contributed by atoms with Gasteiger partial charge in [-0.3, -0.25) is 38.7 Å². The molecule has 24 nitrogen and oxygen atoms in total. The maximum atomic E-state index is 12.7. The lowest BCUT2D eigenvalue weighted by Gasteiger charge is -2.34. The Labute approximate surface area is 752 Å². The van der Waals surface area contributed by atoms with Gasteiger partial charge < -0.3 is 48.6 Å². The molecule has 0 saturated heterocycles. The molecular weight excluding hydrogens is 1750 g/mol. The number of aryl methyl sites for hydroxylation is 2. The first-order valence-electron chi connectivity index (χ1n) is 39.6. The molecular formula is C92H82Cl7F2N11O13. The van der Waals surface area contributed by atoms with Gasteiger partial charge in [-0.15, -0.1) is 5.10 Å². The van der Waals surface area contributed by atoms with Gasteiger partial charge in [0.1, 0.15) is 17.1 Å². The number of nitrogens with one attached hydrogen (secondary N) is 2. The fourth-order valence-corrected chi connectivity index (χ4v) is 15.7. The number of carboxylic acid groups (broad SMARTS) is 1. The van der Waals surface area contributed by atoms with Crippen molar-refractivity contribution in [1.82, 2.24) is 39.7 Å². The van der Waals surface area contributed by atoms with Crippen LogP contribution in [0.15, 0.2) is 186 Å². The number of rotatable bonds is 23. The second kappa shape index (κ2) is 42.7. The van der Waals surface area contributed by atoms with Crippen LogP contribution in [0.3, 0.4) is 0 Å². The predicted octanol–water partition coefficient (Wildman–Crippen LogP) is 23.0. The number of nitriles is 1. The number of benzene rings is 6. The Morgan fingerprint density at radius 2 is 1.24 bits per heavy atom. The molecule has 646 valence electrons. The van der Waals surface area contributed by atoms with Crippen LogP contribution in [0.2, 0.25) is 35.2 Å². The molecule has 0 radical (unpaired) electrons. The van der Waals surface area contributed by atoms with Crippen LogP contribution in [0, 0.1) is 23.2 Å². The lowest BCUT2D eigenvalue weighted by molar-refractivity contribution is -0.143. The van der Waals surface area contributed by atoms with Gasteiger partial charge in [-0.25, -0.2) is 9.78 Å². The number of ketones is 1. The SMILES string of the molecule is CCc1ccc2c(-c3cccc(Cl)c3)nc(=O)n(CC)c2n1.COc1ccc(C(=O)Nc2c(Cl)cncc2Cl)c2cc(C(C)=O)oc12.COc1ccc(C2(C#N)CCC(C(=O)O)CC2)cc1OC1CCCC1.COc1ccc2c(Cc3c(Cl)cncc3Cl)nnc(-c3ccccc3)c2c1.O=C(Nc1c(Cl)cncc1Cl)c1ccc(OC(F)F)c(OCC2CC2)c1. The third-order valence-corrected chi connectivity index (χ3v) is 23.0. The second-order valence-corrected chi connectivity index (χ2v) is 32.0. The standard InChI is InChI=1S/C21H15Cl2N3O.C20H25NO4.C17H14Cl2F2N2O3.C17H12Cl2N2O4.C17H16ClN3O/c1-27-14-7-8-15-16(9-14)21(13-5-3-2-4-6-13)26-25-20(15)10-17-18(22)11-24-12-19(17)23;1-24-17-7-6-15(12-18(17)25-16-4-2-3-5-16)20(13-21)10-8-14(9-11-20)19(22)23;18-11-6-22-7-12(19)15(11)23-16(24)10-3-4-13(26-17(20)21)14(5-10)25-8-9-1-2-9;1-8(22)14-5-10-9(3-4-13(24-2)16(10)25-14)17(23)21-15-11(18)6-20-7-12(15)19;1-3-13-8-9-14-15(11-6-5-7-12(18)10-11)20-17(22)21(4-2)16(14)19-13/h2-9,11-12H,10H2,1H3;6-7,12,14,16H,2-5,8-11H2,1H3,(H,22,23);3-7,9,17H,1-2,8H2,(H,22,23,24);3-7H,1-2H3,(H,20,21,23);5-10H,3-4H2,1-2H3. The minimum absolute atomic E-state index is 0.0803. The molecule has 7 aromatic heterocycles. The fourth-order valence-electron chi connectivity index (χ4n) is 14.1. The number of nitrogens with zero attached hydrogens (tertiary/aromatic N) is 9. The first-order valence-corrected chi connectivity index (χ1v) is 42.3. The summed E-state index contributed by atoms with van der Waals surface area (Å²) in [6.07, 6.45) is 18.8. The Morgan fingerprint density at radius 1 is 0.616 bits per heavy atom. The molecule has 3 aliphatic rings. The summed E-state index contributed by atoms with van der Waals surface area (Å²) >= 11 is 42.7. The number of fused-ring (bicyclic) bond motifs is 3. The molecule has 3 N–H and O–H groups in total. The summed E-state index contributed by atoms with van der Waals surface area (Å²) in [5.74, 6) is 0.704. The Bertz CT molecular complexity index is 6170. The van der Waals surface area contributed by atoms with Crippen LogP contribution in [0.5, 0.6) is 34.5 Å². The number of carbonyl (C=O) groups is 4. The number of halogens is 9. The average molecular weight is 1840 g/mol. The highest BCUT2D eigenvalue weighted by atomic mass is 35.5. The molecule has 16 rings (SSSR count). The molecule has 6 aromatic carbocycles. The quantitative estimate of drug-likeness (QED) is 0.0501. The van der Waals surface area contributed by atoms with E-state index in [0.29, 0.717) is 106 Å². The molecule has 33 heteroatoms. The first kappa shape index (κ1) is 92.4. The van der Waals surface area contributed by atoms with Crippen LogP contribution in [0.4, 0.5) is 20.2 Å². The minimum Gasteiger partial charge on any atom is -0.497 e. The van der Waals surface area contributed by atoms with Crippen molar-refractivity contribution in [1.29, 1.82) is 5.26 Å². The van der Waals surface area contributed by atoms with E-state index in [-0.39, 0.29) is 83.3 Å². The number of hydrogen-bond acceptors (Lipinski definition) is 20. The van der Waals surface area contributed by atoms with E-state index in [1.54, 1.807) is 49.4 Å². The summed E-state index contributed by atoms with van der Waals surface area (Å²) in [6.45, 7) is 3.27. The molecule has 0 bridgehead atoms. The Hall–Kier alpha value is -11.8. The molecule has 0 atom stereocenters. The van der Waals surface area contributed by atoms with Gasteiger partial charge in [0.25, 0.3) is 11.8 Å². The highest BCUT2D eigenvalue weighted by Crippen LogP contribution is 2.46. The molecule has 3 fully saturated rings. The summed E-state index contributed by atoms with van der Waals surface area (Å²) in [7, 11) is 4.74. The normalized spacial score (nSPS) is 14.6. The predicted molar refractivity (Wildman–Crippen MR) is 479 cm³/mol. The van der Waals surface area contributed by atoms with Crippen molar-refractivity contribution in [2.45, 2.75) is 122 Å². The second-order valence-electron chi connectivity index (χ2n) is 29.1. The van der Waals surface area contributed by atoms with Crippen LogP contribution in [0.1, 0.15) is 139 Å². The Balaban J connectivity index is 0.000000142. The molecule has 0 unspecified atom stereocenters. The van der Waals surface area contributed by atoms with Gasteiger partial charge in [0.15, 0.2) is 45.9 Å². The maximum absolute atomic E-state index is 12.7. The number of aromatic nitrogens is 8. The Morgan fingerprint density at radius 3 is 1.83 bits per heavy atom. The number of alkyl halides is 2. The van der Waals surface area contributed by atoms with Crippen LogP contribution in [0.25, 0.3) is 55.3 Å². The number of aliphatic carboxylic acids is 1. The molecule has 2 amide bonds. The summed E-state index contributed by atoms with van der Waals surface area (Å²) in [6, 6.07) is 44.0. The summed E-state index contributed by atoms with van der Waals surface area (Å²) in [5, 5.41) is 38.9. The number of amides is 2. The lowest BCUT2D eigenvalue weighted by atomic mass is 9.67. The summed E-state index contributed by atoms with van der Waals surface area (Å²) in [5.41, 5.74) is 7.70. The number of pyridine rings is 4. The third-order valence-electron chi connectivity index (χ3n) is 21.0. The highest BCUT2D eigenvalue weighted by Gasteiger charge is 2.40. The third kappa shape index (κ3) is 22.8. The van der Waals surface area contributed by atoms with E-state index < -0.39 is 29.8 Å². The van der Waals surface area contributed by atoms with E-state index in [2.05, 4.69) is 56.6 Å². The largest absolute Gasteiger partial charge is 0.497 e. The van der Waals surface area contributed by atoms with Crippen LogP contribution < -0.4 is 44.7 Å². The van der Waals surface area contributed by atoms with E-state index in [0.717, 1.165) is 93.3 Å². The molecule has 13 aromatic rings. The van der Waals surface area contributed by atoms with Crippen molar-refractivity contribution < 1.29 is 65.9 Å². The van der Waals surface area contributed by atoms with Crippen LogP contribution in [-0.2, 0) is 29.6 Å². The van der Waals surface area contributed by atoms with Crippen molar-refractivity contribution in [3.8, 4) is 63.1 Å². The van der Waals surface area contributed by atoms with Crippen LogP contribution in [-0.4, -0.2) is 109 Å². The number of furan rings is 1. The molecule has 0 aliphatic heterocycles. The summed E-state index contributed by atoms with van der Waals surface area (Å²) in [4.78, 5) is 80.8. The number of Topliss-reactive ketones (excluding diaryl/α,β-unsaturated/α-hetero) is 1. The zero-order valence-corrected chi connectivity index (χ0v) is 73.5. The Kier molecular flexibility index (Phi) is 31.6. The molecule has 0 spiro atoms. The zero-order valence-electron chi connectivity index (χ0n) is 68.2. The molecule has 7 heterocycles. The molecule has 3 aliphatic carbocycles. The maximum Gasteiger partial charge on any atom is 0.387 e. The number of methoxy groups -OCH3 is 3. The van der Waals surface area contributed by atoms with Crippen molar-refractivity contribution in [2.24, 2.45) is 11.8 Å². The lowest BCUT2D eigenvalue weighted by Crippen LogP contribution is -2.33. The van der Waals surface area contributed by atoms with Gasteiger partial charge in [0, 0.05) is 106 Å².